The molecule has 4 nitrogen and oxygen atoms in total. The van der Waals surface area contributed by atoms with Gasteiger partial charge in [-0.3, -0.25) is 4.79 Å². The minimum atomic E-state index is -0.556. The zero-order valence-electron chi connectivity index (χ0n) is 18.5. The van der Waals surface area contributed by atoms with E-state index < -0.39 is 6.04 Å². The maximum atomic E-state index is 12.1. The van der Waals surface area contributed by atoms with E-state index in [0.717, 1.165) is 32.1 Å². The number of esters is 1. The van der Waals surface area contributed by atoms with Crippen LogP contribution >= 0.6 is 0 Å². The number of unbranched alkanes of at least 4 members (excludes halogenated alkanes) is 9. The molecule has 0 aliphatic heterocycles. The zero-order chi connectivity index (χ0) is 20.3. The van der Waals surface area contributed by atoms with E-state index in [1.807, 2.05) is 0 Å². The van der Waals surface area contributed by atoms with Gasteiger partial charge in [0.1, 0.15) is 6.04 Å². The van der Waals surface area contributed by atoms with Crippen LogP contribution < -0.4 is 5.32 Å². The highest BCUT2D eigenvalue weighted by Crippen LogP contribution is 2.13. The summed E-state index contributed by atoms with van der Waals surface area (Å²) < 4.78 is 5.40. The number of carbonyl (C=O) groups is 2. The van der Waals surface area contributed by atoms with Gasteiger partial charge in [0.25, 0.3) is 0 Å². The fourth-order valence-electron chi connectivity index (χ4n) is 3.19. The van der Waals surface area contributed by atoms with Crippen LogP contribution in [0.3, 0.4) is 0 Å². The first-order chi connectivity index (χ1) is 13.0. The molecule has 0 rings (SSSR count). The molecule has 160 valence electrons. The van der Waals surface area contributed by atoms with Crippen molar-refractivity contribution in [2.24, 2.45) is 5.92 Å². The summed E-state index contributed by atoms with van der Waals surface area (Å²) in [6.07, 6.45) is 16.1. The van der Waals surface area contributed by atoms with E-state index in [2.05, 4.69) is 26.1 Å². The van der Waals surface area contributed by atoms with Gasteiger partial charge in [0.15, 0.2) is 0 Å². The van der Waals surface area contributed by atoms with Crippen molar-refractivity contribution in [3.63, 3.8) is 0 Å². The number of hydrogen-bond acceptors (Lipinski definition) is 3. The molecule has 0 radical (unpaired) electrons. The van der Waals surface area contributed by atoms with E-state index in [-0.39, 0.29) is 11.9 Å². The molecule has 0 aromatic heterocycles. The molecule has 0 bridgehead atoms. The van der Waals surface area contributed by atoms with Crippen LogP contribution in [0.15, 0.2) is 0 Å². The van der Waals surface area contributed by atoms with Gasteiger partial charge in [0.2, 0.25) is 5.91 Å². The van der Waals surface area contributed by atoms with Crippen molar-refractivity contribution >= 4 is 11.9 Å². The third-order valence-corrected chi connectivity index (χ3v) is 5.24. The molecular formula is C23H45NO3. The number of rotatable bonds is 18. The molecule has 27 heavy (non-hydrogen) atoms. The van der Waals surface area contributed by atoms with Crippen LogP contribution in [0.5, 0.6) is 0 Å². The molecule has 0 fully saturated rings. The minimum Gasteiger partial charge on any atom is -0.464 e. The average Bonchev–Trinajstić information content (AvgIpc) is 2.66. The Morgan fingerprint density at radius 1 is 0.815 bits per heavy atom. The molecule has 0 heterocycles. The number of carbonyl (C=O) groups excluding carboxylic acids is 2. The van der Waals surface area contributed by atoms with Gasteiger partial charge in [0, 0.05) is 6.42 Å². The van der Waals surface area contributed by atoms with Gasteiger partial charge in [-0.2, -0.15) is 0 Å². The minimum absolute atomic E-state index is 0.0413. The highest BCUT2D eigenvalue weighted by Gasteiger charge is 2.18. The van der Waals surface area contributed by atoms with Crippen molar-refractivity contribution in [1.82, 2.24) is 5.32 Å². The molecule has 0 aromatic carbocycles. The highest BCUT2D eigenvalue weighted by atomic mass is 16.5. The monoisotopic (exact) mass is 383 g/mol. The zero-order valence-corrected chi connectivity index (χ0v) is 18.5. The Balaban J connectivity index is 3.73. The lowest BCUT2D eigenvalue weighted by molar-refractivity contribution is -0.148. The molecule has 2 atom stereocenters. The van der Waals surface area contributed by atoms with E-state index in [1.165, 1.54) is 51.4 Å². The second-order valence-corrected chi connectivity index (χ2v) is 7.91. The summed E-state index contributed by atoms with van der Waals surface area (Å²) in [5.74, 6) is 0.0737. The average molecular weight is 384 g/mol. The van der Waals surface area contributed by atoms with Crippen LogP contribution in [-0.2, 0) is 14.3 Å². The summed E-state index contributed by atoms with van der Waals surface area (Å²) in [6, 6.07) is -0.556. The van der Waals surface area contributed by atoms with Crippen LogP contribution in [0.2, 0.25) is 0 Å². The van der Waals surface area contributed by atoms with Crippen molar-refractivity contribution in [3.8, 4) is 0 Å². The molecule has 1 unspecified atom stereocenters. The molecule has 1 N–H and O–H groups in total. The molecule has 0 aliphatic carbocycles. The second kappa shape index (κ2) is 18.3. The Morgan fingerprint density at radius 3 is 1.93 bits per heavy atom. The lowest BCUT2D eigenvalue weighted by atomic mass is 10.0. The normalized spacial score (nSPS) is 13.2. The maximum absolute atomic E-state index is 12.1. The van der Waals surface area contributed by atoms with Gasteiger partial charge >= 0.3 is 5.97 Å². The number of amides is 1. The number of nitrogens with one attached hydrogen (secondary N) is 1. The molecule has 4 heteroatoms. The maximum Gasteiger partial charge on any atom is 0.328 e. The molecule has 0 saturated heterocycles. The largest absolute Gasteiger partial charge is 0.464 e. The summed E-state index contributed by atoms with van der Waals surface area (Å²) in [4.78, 5) is 24.0. The summed E-state index contributed by atoms with van der Waals surface area (Å²) in [5.41, 5.74) is 0. The van der Waals surface area contributed by atoms with Crippen molar-refractivity contribution in [2.75, 3.05) is 6.61 Å². The first kappa shape index (κ1) is 25.9. The number of hydrogen-bond donors (Lipinski definition) is 1. The van der Waals surface area contributed by atoms with Crippen molar-refractivity contribution in [2.45, 2.75) is 124 Å². The van der Waals surface area contributed by atoms with E-state index in [4.69, 9.17) is 4.74 Å². The Labute approximate surface area is 168 Å². The van der Waals surface area contributed by atoms with Crippen molar-refractivity contribution in [3.05, 3.63) is 0 Å². The van der Waals surface area contributed by atoms with Gasteiger partial charge < -0.3 is 10.1 Å². The second-order valence-electron chi connectivity index (χ2n) is 7.91. The van der Waals surface area contributed by atoms with Gasteiger partial charge in [-0.1, -0.05) is 91.4 Å². The summed E-state index contributed by atoms with van der Waals surface area (Å²) >= 11 is 0. The lowest BCUT2D eigenvalue weighted by Gasteiger charge is -2.17. The van der Waals surface area contributed by atoms with Gasteiger partial charge in [-0.25, -0.2) is 4.79 Å². The van der Waals surface area contributed by atoms with Gasteiger partial charge in [0.05, 0.1) is 6.61 Å². The van der Waals surface area contributed by atoms with Crippen LogP contribution in [0.4, 0.5) is 0 Å². The molecule has 0 spiro atoms. The standard InChI is InChI=1S/C23H45NO3/c1-5-8-10-11-12-13-14-15-16-18-22(25)24-20(4)23(26)27-19-21(7-3)17-9-6-2/h20-21H,5-19H2,1-4H3,(H,24,25)/t20-,21?/m0/s1. The Hall–Kier alpha value is -1.06. The highest BCUT2D eigenvalue weighted by molar-refractivity contribution is 5.84. The first-order valence-electron chi connectivity index (χ1n) is 11.5. The van der Waals surface area contributed by atoms with E-state index >= 15 is 0 Å². The predicted octanol–water partition coefficient (Wildman–Crippen LogP) is 6.17. The summed E-state index contributed by atoms with van der Waals surface area (Å²) in [6.45, 7) is 8.72. The van der Waals surface area contributed by atoms with Crippen LogP contribution in [-0.4, -0.2) is 24.5 Å². The van der Waals surface area contributed by atoms with Crippen LogP contribution in [0.1, 0.15) is 118 Å². The van der Waals surface area contributed by atoms with Crippen molar-refractivity contribution in [1.29, 1.82) is 0 Å². The third-order valence-electron chi connectivity index (χ3n) is 5.24. The molecular weight excluding hydrogens is 338 g/mol. The fraction of sp³-hybridized carbons (Fsp3) is 0.913. The van der Waals surface area contributed by atoms with Gasteiger partial charge in [-0.05, 0) is 25.7 Å². The quantitative estimate of drug-likeness (QED) is 0.227. The predicted molar refractivity (Wildman–Crippen MR) is 114 cm³/mol. The van der Waals surface area contributed by atoms with Gasteiger partial charge in [-0.15, -0.1) is 0 Å². The molecule has 0 aromatic rings. The van der Waals surface area contributed by atoms with E-state index in [9.17, 15) is 9.59 Å². The Bertz CT molecular complexity index is 371. The lowest BCUT2D eigenvalue weighted by Crippen LogP contribution is -2.40. The fourth-order valence-corrected chi connectivity index (χ4v) is 3.19. The number of ether oxygens (including phenoxy) is 1. The van der Waals surface area contributed by atoms with Crippen LogP contribution in [0, 0.1) is 5.92 Å². The Kier molecular flexibility index (Phi) is 17.6. The Morgan fingerprint density at radius 2 is 1.37 bits per heavy atom. The van der Waals surface area contributed by atoms with Crippen molar-refractivity contribution < 1.29 is 14.3 Å². The topological polar surface area (TPSA) is 55.4 Å². The first-order valence-corrected chi connectivity index (χ1v) is 11.5. The smallest absolute Gasteiger partial charge is 0.328 e. The summed E-state index contributed by atoms with van der Waals surface area (Å²) in [7, 11) is 0. The molecule has 0 saturated carbocycles. The summed E-state index contributed by atoms with van der Waals surface area (Å²) in [5, 5.41) is 2.78. The molecule has 0 aliphatic rings. The van der Waals surface area contributed by atoms with E-state index in [1.54, 1.807) is 6.92 Å². The van der Waals surface area contributed by atoms with E-state index in [0.29, 0.717) is 18.9 Å². The SMILES string of the molecule is CCCCCCCCCCCC(=O)N[C@@H](C)C(=O)OCC(CC)CCCC. The molecule has 1 amide bonds. The van der Waals surface area contributed by atoms with Crippen LogP contribution in [0.25, 0.3) is 0 Å². The third kappa shape index (κ3) is 15.7.